The first-order chi connectivity index (χ1) is 16.7. The molecule has 0 aliphatic heterocycles. The topological polar surface area (TPSA) is 113 Å². The molecule has 3 aromatic carbocycles. The van der Waals surface area contributed by atoms with Gasteiger partial charge in [-0.05, 0) is 47.9 Å². The highest BCUT2D eigenvalue weighted by atomic mass is 32.2. The van der Waals surface area contributed by atoms with Crippen molar-refractivity contribution in [3.05, 3.63) is 95.8 Å². The van der Waals surface area contributed by atoms with Crippen molar-refractivity contribution in [3.63, 3.8) is 0 Å². The maximum absolute atomic E-state index is 13.9. The fraction of sp³-hybridized carbons (Fsp3) is 0.192. The molecular formula is C26H26FNO6S. The second-order valence-corrected chi connectivity index (χ2v) is 9.38. The van der Waals surface area contributed by atoms with Crippen LogP contribution in [0.25, 0.3) is 6.08 Å². The van der Waals surface area contributed by atoms with E-state index in [0.717, 1.165) is 11.6 Å². The molecule has 0 aromatic heterocycles. The third-order valence-corrected chi connectivity index (χ3v) is 6.44. The van der Waals surface area contributed by atoms with Crippen LogP contribution in [0.15, 0.2) is 83.8 Å². The lowest BCUT2D eigenvalue weighted by molar-refractivity contribution is -0.136. The smallest absolute Gasteiger partial charge is 0.303 e. The molecule has 7 nitrogen and oxygen atoms in total. The predicted octanol–water partition coefficient (Wildman–Crippen LogP) is 4.49. The Morgan fingerprint density at radius 1 is 1.06 bits per heavy atom. The van der Waals surface area contributed by atoms with Crippen LogP contribution in [0.5, 0.6) is 5.75 Å². The molecule has 3 rings (SSSR count). The van der Waals surface area contributed by atoms with Gasteiger partial charge in [0.05, 0.1) is 12.7 Å². The van der Waals surface area contributed by atoms with Crippen molar-refractivity contribution in [2.45, 2.75) is 30.3 Å². The Labute approximate surface area is 203 Å². The molecule has 0 aliphatic rings. The number of carboxylic acid groups (broad SMARTS) is 1. The Morgan fingerprint density at radius 3 is 2.57 bits per heavy atom. The number of carbonyl (C=O) groups is 1. The number of aryl methyl sites for hydroxylation is 1. The van der Waals surface area contributed by atoms with Crippen LogP contribution in [0.2, 0.25) is 0 Å². The van der Waals surface area contributed by atoms with Gasteiger partial charge in [-0.3, -0.25) is 9.52 Å². The number of carboxylic acids is 1. The molecule has 0 bridgehead atoms. The van der Waals surface area contributed by atoms with Crippen LogP contribution in [0.3, 0.4) is 0 Å². The van der Waals surface area contributed by atoms with E-state index in [2.05, 4.69) is 4.72 Å². The highest BCUT2D eigenvalue weighted by Crippen LogP contribution is 2.21. The second kappa shape index (κ2) is 12.1. The summed E-state index contributed by atoms with van der Waals surface area (Å²) in [5, 5.41) is 19.1. The first-order valence-corrected chi connectivity index (χ1v) is 12.4. The number of nitrogens with one attached hydrogen (secondary N) is 1. The first kappa shape index (κ1) is 25.9. The van der Waals surface area contributed by atoms with Crippen molar-refractivity contribution < 1.29 is 32.6 Å². The molecule has 0 radical (unpaired) electrons. The van der Waals surface area contributed by atoms with E-state index in [1.54, 1.807) is 48.6 Å². The minimum Gasteiger partial charge on any atom is -0.493 e. The number of sulfonamides is 1. The van der Waals surface area contributed by atoms with Gasteiger partial charge in [0.1, 0.15) is 16.5 Å². The molecule has 0 fully saturated rings. The number of halogens is 1. The monoisotopic (exact) mass is 499 g/mol. The summed E-state index contributed by atoms with van der Waals surface area (Å²) in [6.45, 7) is 0.220. The number of para-hydroxylation sites is 1. The standard InChI is InChI=1S/C26H26FNO6S/c27-23-9-2-4-11-25(23)35(32,33)28-21-8-5-6-19(18-21)12-14-22(29)16-17-34-24-10-3-1-7-20(24)13-15-26(30)31/h1-12,14,18,22,28-29H,13,15-17H2,(H,30,31)/b14-12+/t22-/m0/s1. The van der Waals surface area contributed by atoms with Crippen molar-refractivity contribution in [1.29, 1.82) is 0 Å². The third-order valence-electron chi connectivity index (χ3n) is 5.03. The second-order valence-electron chi connectivity index (χ2n) is 7.73. The van der Waals surface area contributed by atoms with Crippen LogP contribution >= 0.6 is 0 Å². The fourth-order valence-electron chi connectivity index (χ4n) is 3.28. The predicted molar refractivity (Wildman–Crippen MR) is 131 cm³/mol. The lowest BCUT2D eigenvalue weighted by Gasteiger charge is -2.12. The molecule has 0 aliphatic carbocycles. The van der Waals surface area contributed by atoms with Gasteiger partial charge in [0, 0.05) is 18.5 Å². The number of ether oxygens (including phenoxy) is 1. The quantitative estimate of drug-likeness (QED) is 0.339. The van der Waals surface area contributed by atoms with Crippen molar-refractivity contribution in [2.24, 2.45) is 0 Å². The minimum atomic E-state index is -4.09. The fourth-order valence-corrected chi connectivity index (χ4v) is 4.41. The summed E-state index contributed by atoms with van der Waals surface area (Å²) < 4.78 is 46.9. The van der Waals surface area contributed by atoms with E-state index >= 15 is 0 Å². The molecular weight excluding hydrogens is 473 g/mol. The van der Waals surface area contributed by atoms with Crippen molar-refractivity contribution >= 4 is 27.8 Å². The summed E-state index contributed by atoms with van der Waals surface area (Å²) in [5.41, 5.74) is 1.68. The summed E-state index contributed by atoms with van der Waals surface area (Å²) in [5.74, 6) is -1.14. The number of aliphatic carboxylic acids is 1. The average molecular weight is 500 g/mol. The number of hydrogen-bond acceptors (Lipinski definition) is 5. The molecule has 1 atom stereocenters. The van der Waals surface area contributed by atoms with Crippen LogP contribution < -0.4 is 9.46 Å². The van der Waals surface area contributed by atoms with E-state index in [1.165, 1.54) is 18.2 Å². The number of rotatable bonds is 12. The number of aliphatic hydroxyl groups is 1. The molecule has 3 N–H and O–H groups in total. The Bertz CT molecular complexity index is 1290. The summed E-state index contributed by atoms with van der Waals surface area (Å²) in [4.78, 5) is 10.4. The molecule has 0 saturated heterocycles. The van der Waals surface area contributed by atoms with Crippen molar-refractivity contribution in [3.8, 4) is 5.75 Å². The zero-order valence-corrected chi connectivity index (χ0v) is 19.6. The van der Waals surface area contributed by atoms with Crippen LogP contribution in [0, 0.1) is 5.82 Å². The third kappa shape index (κ3) is 7.94. The van der Waals surface area contributed by atoms with E-state index in [-0.39, 0.29) is 18.7 Å². The summed E-state index contributed by atoms with van der Waals surface area (Å²) in [6.07, 6.45) is 3.03. The average Bonchev–Trinajstić information content (AvgIpc) is 2.82. The summed E-state index contributed by atoms with van der Waals surface area (Å²) in [6, 6.07) is 18.8. The molecule has 0 spiro atoms. The molecule has 0 unspecified atom stereocenters. The van der Waals surface area contributed by atoms with E-state index in [0.29, 0.717) is 24.2 Å². The van der Waals surface area contributed by atoms with Gasteiger partial charge in [-0.25, -0.2) is 12.8 Å². The Kier molecular flexibility index (Phi) is 8.99. The zero-order valence-electron chi connectivity index (χ0n) is 18.8. The molecule has 0 heterocycles. The first-order valence-electron chi connectivity index (χ1n) is 10.9. The van der Waals surface area contributed by atoms with E-state index in [9.17, 15) is 22.7 Å². The van der Waals surface area contributed by atoms with E-state index in [4.69, 9.17) is 9.84 Å². The summed E-state index contributed by atoms with van der Waals surface area (Å²) >= 11 is 0. The Hall–Kier alpha value is -3.69. The molecule has 0 saturated carbocycles. The van der Waals surface area contributed by atoms with Gasteiger partial charge in [-0.2, -0.15) is 0 Å². The number of hydrogen-bond donors (Lipinski definition) is 3. The van der Waals surface area contributed by atoms with Crippen molar-refractivity contribution in [2.75, 3.05) is 11.3 Å². The maximum atomic E-state index is 13.9. The van der Waals surface area contributed by atoms with E-state index < -0.39 is 32.8 Å². The highest BCUT2D eigenvalue weighted by Gasteiger charge is 2.18. The summed E-state index contributed by atoms with van der Waals surface area (Å²) in [7, 11) is -4.09. The van der Waals surface area contributed by atoms with Gasteiger partial charge in [0.2, 0.25) is 0 Å². The number of aliphatic hydroxyl groups excluding tert-OH is 1. The Balaban J connectivity index is 1.56. The van der Waals surface area contributed by atoms with Gasteiger partial charge in [0.25, 0.3) is 10.0 Å². The van der Waals surface area contributed by atoms with Gasteiger partial charge < -0.3 is 14.9 Å². The lowest BCUT2D eigenvalue weighted by atomic mass is 10.1. The normalized spacial score (nSPS) is 12.4. The minimum absolute atomic E-state index is 0.00124. The van der Waals surface area contributed by atoms with Gasteiger partial charge >= 0.3 is 5.97 Å². The maximum Gasteiger partial charge on any atom is 0.303 e. The molecule has 3 aromatic rings. The number of benzene rings is 3. The van der Waals surface area contributed by atoms with Crippen LogP contribution in [-0.4, -0.2) is 37.3 Å². The molecule has 184 valence electrons. The molecule has 35 heavy (non-hydrogen) atoms. The lowest BCUT2D eigenvalue weighted by Crippen LogP contribution is -2.14. The van der Waals surface area contributed by atoms with Gasteiger partial charge in [-0.1, -0.05) is 54.6 Å². The van der Waals surface area contributed by atoms with E-state index in [1.807, 2.05) is 12.1 Å². The zero-order chi connectivity index (χ0) is 25.3. The largest absolute Gasteiger partial charge is 0.493 e. The number of anilines is 1. The highest BCUT2D eigenvalue weighted by molar-refractivity contribution is 7.92. The molecule has 0 amide bonds. The van der Waals surface area contributed by atoms with Crippen LogP contribution in [0.4, 0.5) is 10.1 Å². The van der Waals surface area contributed by atoms with Crippen LogP contribution in [0.1, 0.15) is 24.0 Å². The van der Waals surface area contributed by atoms with Gasteiger partial charge in [-0.15, -0.1) is 0 Å². The van der Waals surface area contributed by atoms with Gasteiger partial charge in [0.15, 0.2) is 0 Å². The molecule has 9 heteroatoms. The Morgan fingerprint density at radius 2 is 1.80 bits per heavy atom. The van der Waals surface area contributed by atoms with Crippen molar-refractivity contribution in [1.82, 2.24) is 0 Å². The van der Waals surface area contributed by atoms with Crippen LogP contribution in [-0.2, 0) is 21.2 Å². The SMILES string of the molecule is O=C(O)CCc1ccccc1OCC[C@@H](O)/C=C/c1cccc(NS(=O)(=O)c2ccccc2F)c1.